The summed E-state index contributed by atoms with van der Waals surface area (Å²) in [6.07, 6.45) is 21.3. The highest BCUT2D eigenvalue weighted by atomic mass is 16.5. The van der Waals surface area contributed by atoms with Crippen molar-refractivity contribution in [2.45, 2.75) is 78.1 Å². The molecule has 2 rings (SSSR count). The Balaban J connectivity index is 1.58. The second-order valence-electron chi connectivity index (χ2n) is 7.79. The minimum Gasteiger partial charge on any atom is -0.501 e. The smallest absolute Gasteiger partial charge is 0.0901 e. The van der Waals surface area contributed by atoms with Crippen molar-refractivity contribution in [1.82, 2.24) is 0 Å². The Morgan fingerprint density at radius 3 is 1.33 bits per heavy atom. The van der Waals surface area contributed by atoms with E-state index < -0.39 is 0 Å². The first-order chi connectivity index (χ1) is 11.8. The topological polar surface area (TPSA) is 18.5 Å². The molecule has 0 atom stereocenters. The molecule has 0 radical (unpaired) electrons. The van der Waals surface area contributed by atoms with Crippen LogP contribution in [0.4, 0.5) is 0 Å². The van der Waals surface area contributed by atoms with Crippen molar-refractivity contribution in [3.8, 4) is 0 Å². The summed E-state index contributed by atoms with van der Waals surface area (Å²) in [6.45, 7) is 6.15. The minimum atomic E-state index is 0.790. The molecule has 0 heterocycles. The van der Waals surface area contributed by atoms with Gasteiger partial charge in [-0.2, -0.15) is 0 Å². The molecule has 0 aromatic heterocycles. The number of ether oxygens (including phenoxy) is 2. The maximum atomic E-state index is 5.66. The molecule has 0 unspecified atom stereocenters. The quantitative estimate of drug-likeness (QED) is 0.449. The fourth-order valence-electron chi connectivity index (χ4n) is 4.36. The molecule has 0 saturated heterocycles. The molecule has 2 nitrogen and oxygen atoms in total. The highest BCUT2D eigenvalue weighted by Gasteiger charge is 2.31. The summed E-state index contributed by atoms with van der Waals surface area (Å²) in [7, 11) is 0. The Morgan fingerprint density at radius 1 is 0.625 bits per heavy atom. The van der Waals surface area contributed by atoms with Crippen molar-refractivity contribution in [1.29, 1.82) is 0 Å². The molecular weight excluding hydrogens is 296 g/mol. The van der Waals surface area contributed by atoms with Crippen molar-refractivity contribution in [3.05, 3.63) is 24.7 Å². The Kier molecular flexibility index (Phi) is 9.38. The zero-order valence-corrected chi connectivity index (χ0v) is 15.9. The van der Waals surface area contributed by atoms with Crippen LogP contribution >= 0.6 is 0 Å². The zero-order valence-electron chi connectivity index (χ0n) is 15.9. The van der Waals surface area contributed by atoms with Gasteiger partial charge in [0.1, 0.15) is 0 Å². The molecule has 0 aliphatic heterocycles. The van der Waals surface area contributed by atoms with E-state index in [0.717, 1.165) is 49.7 Å². The first kappa shape index (κ1) is 19.4. The molecule has 2 aliphatic rings. The van der Waals surface area contributed by atoms with Crippen molar-refractivity contribution in [2.24, 2.45) is 23.7 Å². The van der Waals surface area contributed by atoms with Crippen LogP contribution in [-0.2, 0) is 9.47 Å². The molecule has 2 saturated carbocycles. The third-order valence-corrected chi connectivity index (χ3v) is 5.97. The van der Waals surface area contributed by atoms with E-state index in [0.29, 0.717) is 0 Å². The lowest BCUT2D eigenvalue weighted by Gasteiger charge is -2.37. The molecule has 2 fully saturated rings. The van der Waals surface area contributed by atoms with Gasteiger partial charge in [0.15, 0.2) is 0 Å². The van der Waals surface area contributed by atoms with Gasteiger partial charge in [-0.25, -0.2) is 0 Å². The van der Waals surface area contributed by atoms with E-state index in [4.69, 9.17) is 9.47 Å². The van der Waals surface area contributed by atoms with Crippen LogP contribution in [0.25, 0.3) is 0 Å². The summed E-state index contributed by atoms with van der Waals surface area (Å²) < 4.78 is 11.3. The molecule has 0 aromatic carbocycles. The average molecular weight is 335 g/mol. The van der Waals surface area contributed by atoms with E-state index >= 15 is 0 Å². The van der Waals surface area contributed by atoms with Crippen LogP contribution in [0.2, 0.25) is 0 Å². The summed E-state index contributed by atoms with van der Waals surface area (Å²) in [6, 6.07) is 0. The number of hydrogen-bond donors (Lipinski definition) is 0. The van der Waals surface area contributed by atoms with E-state index in [9.17, 15) is 0 Å². The molecule has 0 N–H and O–H groups in total. The van der Waals surface area contributed by atoms with Crippen LogP contribution in [0.15, 0.2) is 24.7 Å². The fraction of sp³-hybridized carbons (Fsp3) is 0.818. The Morgan fingerprint density at radius 2 is 1.00 bits per heavy atom. The maximum absolute atomic E-state index is 5.66. The van der Waals surface area contributed by atoms with Gasteiger partial charge in [0.25, 0.3) is 0 Å². The Bertz CT molecular complexity index is 322. The molecule has 138 valence electrons. The van der Waals surface area contributed by atoms with Gasteiger partial charge in [0.05, 0.1) is 25.7 Å². The van der Waals surface area contributed by atoms with Gasteiger partial charge < -0.3 is 9.47 Å². The van der Waals surface area contributed by atoms with Crippen LogP contribution < -0.4 is 0 Å². The van der Waals surface area contributed by atoms with Crippen molar-refractivity contribution in [3.63, 3.8) is 0 Å². The zero-order chi connectivity index (χ0) is 17.0. The standard InChI is InChI=1S/C22H38O2/c1-3-5-15-23-17-19-7-11-21(12-8-19)22-13-9-20(10-14-22)18-24-16-6-4-2/h5-6,15-16,19-22H,3-4,7-14,17-18H2,1-2H3/b15-5-,16-6-. The molecule has 0 spiro atoms. The second kappa shape index (κ2) is 11.6. The lowest BCUT2D eigenvalue weighted by molar-refractivity contribution is 0.0928. The van der Waals surface area contributed by atoms with Crippen LogP contribution in [0.3, 0.4) is 0 Å². The maximum Gasteiger partial charge on any atom is 0.0901 e. The van der Waals surface area contributed by atoms with E-state index in [1.165, 1.54) is 51.4 Å². The highest BCUT2D eigenvalue weighted by Crippen LogP contribution is 2.41. The average Bonchev–Trinajstić information content (AvgIpc) is 2.64. The van der Waals surface area contributed by atoms with Crippen LogP contribution in [0.1, 0.15) is 78.1 Å². The van der Waals surface area contributed by atoms with Crippen molar-refractivity contribution >= 4 is 0 Å². The summed E-state index contributed by atoms with van der Waals surface area (Å²) in [5.41, 5.74) is 0. The Labute approximate surface area is 149 Å². The monoisotopic (exact) mass is 334 g/mol. The molecule has 2 aliphatic carbocycles. The fourth-order valence-corrected chi connectivity index (χ4v) is 4.36. The summed E-state index contributed by atoms with van der Waals surface area (Å²) in [5, 5.41) is 0. The number of allylic oxidation sites excluding steroid dienone is 2. The van der Waals surface area contributed by atoms with Crippen LogP contribution in [0, 0.1) is 23.7 Å². The predicted molar refractivity (Wildman–Crippen MR) is 102 cm³/mol. The van der Waals surface area contributed by atoms with Gasteiger partial charge in [-0.3, -0.25) is 0 Å². The van der Waals surface area contributed by atoms with Gasteiger partial charge in [-0.15, -0.1) is 0 Å². The largest absolute Gasteiger partial charge is 0.501 e. The first-order valence-corrected chi connectivity index (χ1v) is 10.4. The van der Waals surface area contributed by atoms with Gasteiger partial charge in [0, 0.05) is 0 Å². The van der Waals surface area contributed by atoms with E-state index in [-0.39, 0.29) is 0 Å². The molecule has 0 aromatic rings. The molecule has 0 amide bonds. The molecule has 0 bridgehead atoms. The lowest BCUT2D eigenvalue weighted by atomic mass is 9.69. The van der Waals surface area contributed by atoms with Crippen molar-refractivity contribution < 1.29 is 9.47 Å². The van der Waals surface area contributed by atoms with E-state index in [1.54, 1.807) is 0 Å². The van der Waals surface area contributed by atoms with Crippen molar-refractivity contribution in [2.75, 3.05) is 13.2 Å². The third kappa shape index (κ3) is 6.91. The molecular formula is C22H38O2. The van der Waals surface area contributed by atoms with Crippen LogP contribution in [0.5, 0.6) is 0 Å². The van der Waals surface area contributed by atoms with E-state index in [2.05, 4.69) is 26.0 Å². The van der Waals surface area contributed by atoms with Gasteiger partial charge in [-0.1, -0.05) is 26.0 Å². The second-order valence-corrected chi connectivity index (χ2v) is 7.79. The molecule has 2 heteroatoms. The van der Waals surface area contributed by atoms with Crippen LogP contribution in [-0.4, -0.2) is 13.2 Å². The Hall–Kier alpha value is -0.920. The summed E-state index contributed by atoms with van der Waals surface area (Å²) in [4.78, 5) is 0. The lowest BCUT2D eigenvalue weighted by Crippen LogP contribution is -2.27. The summed E-state index contributed by atoms with van der Waals surface area (Å²) >= 11 is 0. The molecule has 24 heavy (non-hydrogen) atoms. The number of hydrogen-bond acceptors (Lipinski definition) is 2. The van der Waals surface area contributed by atoms with Gasteiger partial charge in [0.2, 0.25) is 0 Å². The SMILES string of the molecule is CC/C=C\OCC1CCC(C2CCC(CO/C=C\CC)CC2)CC1. The predicted octanol–water partition coefficient (Wildman–Crippen LogP) is 6.48. The normalized spacial score (nSPS) is 31.6. The van der Waals surface area contributed by atoms with Gasteiger partial charge >= 0.3 is 0 Å². The van der Waals surface area contributed by atoms with E-state index in [1.807, 2.05) is 12.5 Å². The highest BCUT2D eigenvalue weighted by molar-refractivity contribution is 4.83. The number of rotatable bonds is 9. The van der Waals surface area contributed by atoms with Gasteiger partial charge in [-0.05, 0) is 87.9 Å². The third-order valence-electron chi connectivity index (χ3n) is 5.97. The first-order valence-electron chi connectivity index (χ1n) is 10.4. The summed E-state index contributed by atoms with van der Waals surface area (Å²) in [5.74, 6) is 3.54. The minimum absolute atomic E-state index is 0.790.